The summed E-state index contributed by atoms with van der Waals surface area (Å²) in [5, 5.41) is 0. The van der Waals surface area contributed by atoms with Gasteiger partial charge in [-0.2, -0.15) is 0 Å². The Morgan fingerprint density at radius 1 is 1.04 bits per heavy atom. The fourth-order valence-corrected chi connectivity index (χ4v) is 2.85. The van der Waals surface area contributed by atoms with Crippen LogP contribution in [0.1, 0.15) is 5.56 Å². The van der Waals surface area contributed by atoms with Gasteiger partial charge in [0.25, 0.3) is 0 Å². The molecule has 0 saturated carbocycles. The number of guanidine groups is 1. The predicted octanol–water partition coefficient (Wildman–Crippen LogP) is 3.09. The molecule has 0 unspecified atom stereocenters. The average molecular weight is 470 g/mol. The number of aliphatic imine (C=N–C) groups is 1. The summed E-state index contributed by atoms with van der Waals surface area (Å²) in [7, 11) is 1.65. The van der Waals surface area contributed by atoms with Crippen LogP contribution < -0.4 is 15.4 Å². The zero-order valence-corrected chi connectivity index (χ0v) is 17.1. The Morgan fingerprint density at radius 3 is 2.23 bits per heavy atom. The smallest absolute Gasteiger partial charge is 0.191 e. The summed E-state index contributed by atoms with van der Waals surface area (Å²) < 4.78 is 18.2. The molecule has 0 amide bonds. The van der Waals surface area contributed by atoms with Gasteiger partial charge in [0.2, 0.25) is 0 Å². The van der Waals surface area contributed by atoms with E-state index in [0.29, 0.717) is 12.5 Å². The van der Waals surface area contributed by atoms with Crippen molar-refractivity contribution in [2.24, 2.45) is 10.7 Å². The number of halogens is 2. The summed E-state index contributed by atoms with van der Waals surface area (Å²) in [6, 6.07) is 14.4. The van der Waals surface area contributed by atoms with Gasteiger partial charge in [0.05, 0.1) is 13.7 Å². The van der Waals surface area contributed by atoms with E-state index in [-0.39, 0.29) is 29.8 Å². The summed E-state index contributed by atoms with van der Waals surface area (Å²) in [6.45, 7) is 3.83. The number of nitrogens with two attached hydrogens (primary N) is 1. The third kappa shape index (κ3) is 5.23. The largest absolute Gasteiger partial charge is 0.497 e. The SMILES string of the molecule is COc1ccc(CN=C(N)N2CCN(c3ccc(F)cc3)CC2)cc1.I. The molecule has 1 aliphatic rings. The summed E-state index contributed by atoms with van der Waals surface area (Å²) in [5.74, 6) is 1.18. The number of hydrogen-bond donors (Lipinski definition) is 1. The summed E-state index contributed by atoms with van der Waals surface area (Å²) in [5.41, 5.74) is 8.27. The number of benzene rings is 2. The molecule has 1 fully saturated rings. The van der Waals surface area contributed by atoms with Crippen LogP contribution in [0.2, 0.25) is 0 Å². The Hall–Kier alpha value is -2.03. The minimum absolute atomic E-state index is 0. The predicted molar refractivity (Wildman–Crippen MR) is 114 cm³/mol. The first kappa shape index (κ1) is 20.3. The highest BCUT2D eigenvalue weighted by Gasteiger charge is 2.18. The van der Waals surface area contributed by atoms with Crippen molar-refractivity contribution in [3.8, 4) is 5.75 Å². The molecule has 3 rings (SSSR count). The van der Waals surface area contributed by atoms with Gasteiger partial charge in [0, 0.05) is 31.9 Å². The Morgan fingerprint density at radius 2 is 1.65 bits per heavy atom. The Balaban J connectivity index is 0.00000243. The molecule has 0 atom stereocenters. The second-order valence-corrected chi connectivity index (χ2v) is 5.97. The van der Waals surface area contributed by atoms with Crippen LogP contribution in [0.4, 0.5) is 10.1 Å². The van der Waals surface area contributed by atoms with Crippen molar-refractivity contribution < 1.29 is 9.13 Å². The van der Waals surface area contributed by atoms with Crippen LogP contribution >= 0.6 is 24.0 Å². The molecule has 0 aromatic heterocycles. The van der Waals surface area contributed by atoms with E-state index in [1.54, 1.807) is 7.11 Å². The molecule has 0 spiro atoms. The first-order chi connectivity index (χ1) is 12.2. The molecule has 1 heterocycles. The number of anilines is 1. The van der Waals surface area contributed by atoms with Crippen molar-refractivity contribution in [1.29, 1.82) is 0 Å². The highest BCUT2D eigenvalue weighted by Crippen LogP contribution is 2.17. The van der Waals surface area contributed by atoms with Gasteiger partial charge in [-0.1, -0.05) is 12.1 Å². The van der Waals surface area contributed by atoms with Crippen LogP contribution in [0.25, 0.3) is 0 Å². The van der Waals surface area contributed by atoms with E-state index in [1.165, 1.54) is 12.1 Å². The molecule has 5 nitrogen and oxygen atoms in total. The normalized spacial score (nSPS) is 14.8. The highest BCUT2D eigenvalue weighted by molar-refractivity contribution is 14.0. The molecule has 0 bridgehead atoms. The lowest BCUT2D eigenvalue weighted by Crippen LogP contribution is -2.51. The monoisotopic (exact) mass is 470 g/mol. The number of methoxy groups -OCH3 is 1. The first-order valence-corrected chi connectivity index (χ1v) is 8.34. The van der Waals surface area contributed by atoms with E-state index in [0.717, 1.165) is 43.2 Å². The molecule has 140 valence electrons. The van der Waals surface area contributed by atoms with E-state index in [9.17, 15) is 4.39 Å². The molecule has 26 heavy (non-hydrogen) atoms. The van der Waals surface area contributed by atoms with Gasteiger partial charge in [0.15, 0.2) is 5.96 Å². The molecular weight excluding hydrogens is 446 g/mol. The van der Waals surface area contributed by atoms with Gasteiger partial charge >= 0.3 is 0 Å². The van der Waals surface area contributed by atoms with Gasteiger partial charge in [0.1, 0.15) is 11.6 Å². The second kappa shape index (κ2) is 9.61. The van der Waals surface area contributed by atoms with Gasteiger partial charge < -0.3 is 20.3 Å². The lowest BCUT2D eigenvalue weighted by Gasteiger charge is -2.36. The maximum atomic E-state index is 13.0. The van der Waals surface area contributed by atoms with Crippen molar-refractivity contribution in [3.05, 3.63) is 59.9 Å². The minimum Gasteiger partial charge on any atom is -0.497 e. The fourth-order valence-electron chi connectivity index (χ4n) is 2.85. The first-order valence-electron chi connectivity index (χ1n) is 8.34. The third-order valence-corrected chi connectivity index (χ3v) is 4.38. The standard InChI is InChI=1S/C19H23FN4O.HI/c1-25-18-8-2-15(3-9-18)14-22-19(21)24-12-10-23(11-13-24)17-6-4-16(20)5-7-17;/h2-9H,10-14H2,1H3,(H2,21,22);1H. The molecule has 2 aromatic carbocycles. The van der Waals surface area contributed by atoms with Crippen LogP contribution in [-0.2, 0) is 6.54 Å². The lowest BCUT2D eigenvalue weighted by molar-refractivity contribution is 0.380. The zero-order chi connectivity index (χ0) is 17.6. The molecule has 2 N–H and O–H groups in total. The third-order valence-electron chi connectivity index (χ3n) is 4.38. The highest BCUT2D eigenvalue weighted by atomic mass is 127. The van der Waals surface area contributed by atoms with Crippen molar-refractivity contribution in [1.82, 2.24) is 4.90 Å². The Kier molecular flexibility index (Phi) is 7.50. The number of ether oxygens (including phenoxy) is 1. The maximum absolute atomic E-state index is 13.0. The van der Waals surface area contributed by atoms with E-state index in [2.05, 4.69) is 14.8 Å². The summed E-state index contributed by atoms with van der Waals surface area (Å²) in [6.07, 6.45) is 0. The quantitative estimate of drug-likeness (QED) is 0.424. The summed E-state index contributed by atoms with van der Waals surface area (Å²) >= 11 is 0. The van der Waals surface area contributed by atoms with Crippen LogP contribution in [0.5, 0.6) is 5.75 Å². The molecular formula is C19H24FIN4O. The maximum Gasteiger partial charge on any atom is 0.191 e. The average Bonchev–Trinajstić information content (AvgIpc) is 2.67. The van der Waals surface area contributed by atoms with Crippen LogP contribution in [0.3, 0.4) is 0 Å². The van der Waals surface area contributed by atoms with Gasteiger partial charge in [-0.05, 0) is 42.0 Å². The molecule has 2 aromatic rings. The Bertz CT molecular complexity index is 713. The van der Waals surface area contributed by atoms with Crippen LogP contribution in [0.15, 0.2) is 53.5 Å². The van der Waals surface area contributed by atoms with E-state index >= 15 is 0 Å². The van der Waals surface area contributed by atoms with Crippen LogP contribution in [-0.4, -0.2) is 44.1 Å². The molecule has 0 radical (unpaired) electrons. The van der Waals surface area contributed by atoms with Crippen molar-refractivity contribution in [2.75, 3.05) is 38.2 Å². The minimum atomic E-state index is -0.211. The van der Waals surface area contributed by atoms with Crippen molar-refractivity contribution >= 4 is 35.6 Å². The van der Waals surface area contributed by atoms with Crippen molar-refractivity contribution in [2.45, 2.75) is 6.54 Å². The van der Waals surface area contributed by atoms with Gasteiger partial charge in [-0.3, -0.25) is 0 Å². The van der Waals surface area contributed by atoms with E-state index < -0.39 is 0 Å². The summed E-state index contributed by atoms with van der Waals surface area (Å²) in [4.78, 5) is 8.81. The number of piperazine rings is 1. The fraction of sp³-hybridized carbons (Fsp3) is 0.316. The van der Waals surface area contributed by atoms with Gasteiger partial charge in [-0.15, -0.1) is 24.0 Å². The molecule has 0 aliphatic carbocycles. The molecule has 1 aliphatic heterocycles. The zero-order valence-electron chi connectivity index (χ0n) is 14.8. The Labute approximate surface area is 170 Å². The van der Waals surface area contributed by atoms with E-state index in [1.807, 2.05) is 36.4 Å². The molecule has 7 heteroatoms. The number of rotatable bonds is 4. The lowest BCUT2D eigenvalue weighted by atomic mass is 10.2. The topological polar surface area (TPSA) is 54.1 Å². The van der Waals surface area contributed by atoms with Crippen molar-refractivity contribution in [3.63, 3.8) is 0 Å². The second-order valence-electron chi connectivity index (χ2n) is 5.97. The number of nitrogens with zero attached hydrogens (tertiary/aromatic N) is 3. The molecule has 1 saturated heterocycles. The van der Waals surface area contributed by atoms with Gasteiger partial charge in [-0.25, -0.2) is 9.38 Å². The number of hydrogen-bond acceptors (Lipinski definition) is 3. The van der Waals surface area contributed by atoms with Crippen LogP contribution in [0, 0.1) is 5.82 Å². The van der Waals surface area contributed by atoms with E-state index in [4.69, 9.17) is 10.5 Å².